The van der Waals surface area contributed by atoms with Crippen LogP contribution in [-0.4, -0.2) is 21.8 Å². The number of amides is 2. The van der Waals surface area contributed by atoms with Crippen LogP contribution in [0.15, 0.2) is 42.9 Å². The lowest BCUT2D eigenvalue weighted by Crippen LogP contribution is -2.15. The molecule has 1 aromatic heterocycles. The summed E-state index contributed by atoms with van der Waals surface area (Å²) in [5, 5.41) is 2.68. The summed E-state index contributed by atoms with van der Waals surface area (Å²) in [6.07, 6.45) is 4.51. The monoisotopic (exact) mass is 256 g/mol. The van der Waals surface area contributed by atoms with Gasteiger partial charge in [0.1, 0.15) is 5.69 Å². The van der Waals surface area contributed by atoms with E-state index in [4.69, 9.17) is 5.73 Å². The molecule has 96 valence electrons. The minimum atomic E-state index is -0.392. The summed E-state index contributed by atoms with van der Waals surface area (Å²) in [6, 6.07) is 6.87. The number of nitrogens with one attached hydrogen (secondary N) is 1. The summed E-state index contributed by atoms with van der Waals surface area (Å²) < 4.78 is 0. The van der Waals surface area contributed by atoms with Gasteiger partial charge in [-0.15, -0.1) is 0 Å². The van der Waals surface area contributed by atoms with Crippen molar-refractivity contribution in [1.29, 1.82) is 0 Å². The number of carbonyl (C=O) groups is 2. The van der Waals surface area contributed by atoms with Gasteiger partial charge in [-0.1, -0.05) is 12.1 Å². The Morgan fingerprint density at radius 3 is 2.47 bits per heavy atom. The lowest BCUT2D eigenvalue weighted by Gasteiger charge is -2.05. The summed E-state index contributed by atoms with van der Waals surface area (Å²) in [7, 11) is 0. The maximum Gasteiger partial charge on any atom is 0.275 e. The molecule has 6 nitrogen and oxygen atoms in total. The largest absolute Gasteiger partial charge is 0.369 e. The Hall–Kier alpha value is -2.76. The van der Waals surface area contributed by atoms with Gasteiger partial charge >= 0.3 is 0 Å². The van der Waals surface area contributed by atoms with Gasteiger partial charge in [-0.05, 0) is 17.7 Å². The molecule has 6 heteroatoms. The molecular weight excluding hydrogens is 244 g/mol. The molecule has 2 rings (SSSR count). The standard InChI is InChI=1S/C13H12N4O2/c14-12(18)7-9-1-3-10(4-2-9)17-13(19)11-8-15-5-6-16-11/h1-6,8H,7H2,(H2,14,18)(H,17,19). The quantitative estimate of drug-likeness (QED) is 0.843. The van der Waals surface area contributed by atoms with Crippen molar-refractivity contribution in [2.24, 2.45) is 5.73 Å². The second-order valence-electron chi connectivity index (χ2n) is 3.88. The lowest BCUT2D eigenvalue weighted by molar-refractivity contribution is -0.117. The van der Waals surface area contributed by atoms with Crippen LogP contribution in [0.2, 0.25) is 0 Å². The third kappa shape index (κ3) is 3.60. The van der Waals surface area contributed by atoms with Gasteiger partial charge in [0.25, 0.3) is 5.91 Å². The van der Waals surface area contributed by atoms with Crippen LogP contribution < -0.4 is 11.1 Å². The number of benzene rings is 1. The first-order valence-corrected chi connectivity index (χ1v) is 5.60. The minimum absolute atomic E-state index is 0.179. The van der Waals surface area contributed by atoms with E-state index in [1.807, 2.05) is 0 Å². The number of hydrogen-bond donors (Lipinski definition) is 2. The van der Waals surface area contributed by atoms with E-state index in [-0.39, 0.29) is 18.0 Å². The van der Waals surface area contributed by atoms with Crippen molar-refractivity contribution in [3.8, 4) is 0 Å². The van der Waals surface area contributed by atoms with E-state index in [2.05, 4.69) is 15.3 Å². The van der Waals surface area contributed by atoms with Crippen molar-refractivity contribution >= 4 is 17.5 Å². The van der Waals surface area contributed by atoms with Crippen LogP contribution in [0.4, 0.5) is 5.69 Å². The van der Waals surface area contributed by atoms with E-state index in [1.165, 1.54) is 18.6 Å². The Morgan fingerprint density at radius 1 is 1.16 bits per heavy atom. The molecule has 0 aliphatic carbocycles. The highest BCUT2D eigenvalue weighted by atomic mass is 16.2. The van der Waals surface area contributed by atoms with Gasteiger partial charge in [0.05, 0.1) is 12.6 Å². The molecule has 2 amide bonds. The fourth-order valence-corrected chi connectivity index (χ4v) is 1.52. The third-order valence-corrected chi connectivity index (χ3v) is 2.39. The highest BCUT2D eigenvalue weighted by Gasteiger charge is 2.07. The van der Waals surface area contributed by atoms with Crippen LogP contribution in [0, 0.1) is 0 Å². The van der Waals surface area contributed by atoms with E-state index in [0.29, 0.717) is 5.69 Å². The van der Waals surface area contributed by atoms with Crippen molar-refractivity contribution in [1.82, 2.24) is 9.97 Å². The van der Waals surface area contributed by atoms with Crippen molar-refractivity contribution in [3.05, 3.63) is 54.1 Å². The number of nitrogens with zero attached hydrogens (tertiary/aromatic N) is 2. The Balaban J connectivity index is 2.04. The predicted octanol–water partition coefficient (Wildman–Crippen LogP) is 0.757. The van der Waals surface area contributed by atoms with Gasteiger partial charge in [0, 0.05) is 18.1 Å². The van der Waals surface area contributed by atoms with Gasteiger partial charge in [-0.2, -0.15) is 0 Å². The van der Waals surface area contributed by atoms with Crippen molar-refractivity contribution in [3.63, 3.8) is 0 Å². The SMILES string of the molecule is NC(=O)Cc1ccc(NC(=O)c2cnccn2)cc1. The average molecular weight is 256 g/mol. The highest BCUT2D eigenvalue weighted by Crippen LogP contribution is 2.11. The van der Waals surface area contributed by atoms with E-state index < -0.39 is 5.91 Å². The number of carbonyl (C=O) groups excluding carboxylic acids is 2. The minimum Gasteiger partial charge on any atom is -0.369 e. The average Bonchev–Trinajstić information content (AvgIpc) is 2.41. The number of anilines is 1. The molecule has 0 aliphatic rings. The number of nitrogens with two attached hydrogens (primary N) is 1. The molecule has 0 radical (unpaired) electrons. The van der Waals surface area contributed by atoms with Crippen molar-refractivity contribution < 1.29 is 9.59 Å². The molecule has 19 heavy (non-hydrogen) atoms. The fourth-order valence-electron chi connectivity index (χ4n) is 1.52. The maximum absolute atomic E-state index is 11.8. The molecule has 1 heterocycles. The fraction of sp³-hybridized carbons (Fsp3) is 0.0769. The second kappa shape index (κ2) is 5.72. The third-order valence-electron chi connectivity index (χ3n) is 2.39. The molecule has 0 atom stereocenters. The zero-order valence-corrected chi connectivity index (χ0v) is 10.0. The molecule has 0 saturated carbocycles. The van der Waals surface area contributed by atoms with Gasteiger partial charge in [0.2, 0.25) is 5.91 Å². The Kier molecular flexibility index (Phi) is 3.82. The topological polar surface area (TPSA) is 98.0 Å². The number of primary amides is 1. The molecule has 0 fully saturated rings. The number of hydrogen-bond acceptors (Lipinski definition) is 4. The predicted molar refractivity (Wildman–Crippen MR) is 69.3 cm³/mol. The van der Waals surface area contributed by atoms with Crippen LogP contribution in [-0.2, 0) is 11.2 Å². The van der Waals surface area contributed by atoms with Gasteiger partial charge in [-0.3, -0.25) is 14.6 Å². The molecular formula is C13H12N4O2. The molecule has 0 aliphatic heterocycles. The molecule has 1 aromatic carbocycles. The van der Waals surface area contributed by atoms with Crippen molar-refractivity contribution in [2.75, 3.05) is 5.32 Å². The highest BCUT2D eigenvalue weighted by molar-refractivity contribution is 6.02. The smallest absolute Gasteiger partial charge is 0.275 e. The Bertz CT molecular complexity index is 581. The molecule has 0 saturated heterocycles. The first kappa shape index (κ1) is 12.7. The van der Waals surface area contributed by atoms with E-state index in [9.17, 15) is 9.59 Å². The Morgan fingerprint density at radius 2 is 1.89 bits per heavy atom. The molecule has 0 spiro atoms. The molecule has 0 bridgehead atoms. The van der Waals surface area contributed by atoms with Gasteiger partial charge in [0.15, 0.2) is 0 Å². The van der Waals surface area contributed by atoms with Crippen LogP contribution in [0.3, 0.4) is 0 Å². The molecule has 0 unspecified atom stereocenters. The van der Waals surface area contributed by atoms with Crippen LogP contribution in [0.5, 0.6) is 0 Å². The Labute approximate surface area is 109 Å². The lowest BCUT2D eigenvalue weighted by atomic mass is 10.1. The molecule has 2 aromatic rings. The summed E-state index contributed by atoms with van der Waals surface area (Å²) in [5.74, 6) is -0.730. The number of aromatic nitrogens is 2. The van der Waals surface area contributed by atoms with Gasteiger partial charge in [-0.25, -0.2) is 4.98 Å². The van der Waals surface area contributed by atoms with Crippen LogP contribution in [0.25, 0.3) is 0 Å². The van der Waals surface area contributed by atoms with Crippen LogP contribution >= 0.6 is 0 Å². The van der Waals surface area contributed by atoms with Crippen LogP contribution in [0.1, 0.15) is 16.1 Å². The zero-order chi connectivity index (χ0) is 13.7. The summed E-state index contributed by atoms with van der Waals surface area (Å²) >= 11 is 0. The van der Waals surface area contributed by atoms with E-state index >= 15 is 0 Å². The molecule has 3 N–H and O–H groups in total. The summed E-state index contributed by atoms with van der Waals surface area (Å²) in [4.78, 5) is 30.3. The van der Waals surface area contributed by atoms with Crippen molar-refractivity contribution in [2.45, 2.75) is 6.42 Å². The first-order valence-electron chi connectivity index (χ1n) is 5.60. The van der Waals surface area contributed by atoms with Gasteiger partial charge < -0.3 is 11.1 Å². The van der Waals surface area contributed by atoms with E-state index in [1.54, 1.807) is 24.3 Å². The summed E-state index contributed by atoms with van der Waals surface area (Å²) in [6.45, 7) is 0. The maximum atomic E-state index is 11.8. The van der Waals surface area contributed by atoms with E-state index in [0.717, 1.165) is 5.56 Å². The first-order chi connectivity index (χ1) is 9.15. The summed E-state index contributed by atoms with van der Waals surface area (Å²) in [5.41, 5.74) is 6.75. The zero-order valence-electron chi connectivity index (χ0n) is 10.0. The second-order valence-corrected chi connectivity index (χ2v) is 3.88. The normalized spacial score (nSPS) is 9.89. The number of rotatable bonds is 4.